The lowest BCUT2D eigenvalue weighted by Gasteiger charge is -2.20. The molecule has 1 amide bonds. The van der Waals surface area contributed by atoms with Crippen molar-refractivity contribution in [3.8, 4) is 11.3 Å². The molecule has 1 aromatic heterocycles. The fourth-order valence-electron chi connectivity index (χ4n) is 4.77. The minimum atomic E-state index is -1.04. The van der Waals surface area contributed by atoms with E-state index in [1.54, 1.807) is 4.90 Å². The van der Waals surface area contributed by atoms with Crippen LogP contribution in [0, 0.1) is 17.5 Å². The molecule has 0 unspecified atom stereocenters. The van der Waals surface area contributed by atoms with Crippen LogP contribution in [0.5, 0.6) is 0 Å². The summed E-state index contributed by atoms with van der Waals surface area (Å²) in [5, 5.41) is 7.74. The van der Waals surface area contributed by atoms with E-state index in [1.807, 2.05) is 6.07 Å². The summed E-state index contributed by atoms with van der Waals surface area (Å²) in [7, 11) is 2.09. The first-order chi connectivity index (χ1) is 15.4. The highest BCUT2D eigenvalue weighted by Gasteiger charge is 2.27. The molecule has 0 saturated heterocycles. The largest absolute Gasteiger partial charge is 0.342 e. The van der Waals surface area contributed by atoms with Crippen molar-refractivity contribution in [1.82, 2.24) is 20.0 Å². The standard InChI is InChI=1S/C24H23F3N4O/c1-30-12-14-3-2-4-16(19(14)13-30)24-17-5-7-31(8-6-22(17)28-29-24)23(32)11-18-20(26)9-15(25)10-21(18)27/h2-4,9-10H,5-8,11-13H2,1H3,(H,28,29). The number of nitrogens with one attached hydrogen (secondary N) is 1. The monoisotopic (exact) mass is 440 g/mol. The topological polar surface area (TPSA) is 52.2 Å². The zero-order valence-electron chi connectivity index (χ0n) is 17.7. The van der Waals surface area contributed by atoms with Gasteiger partial charge in [-0.2, -0.15) is 5.10 Å². The maximum Gasteiger partial charge on any atom is 0.227 e. The molecule has 1 N–H and O–H groups in total. The van der Waals surface area contributed by atoms with E-state index in [4.69, 9.17) is 0 Å². The van der Waals surface area contributed by atoms with E-state index in [0.29, 0.717) is 38.1 Å². The van der Waals surface area contributed by atoms with Crippen LogP contribution in [-0.2, 0) is 37.1 Å². The van der Waals surface area contributed by atoms with Crippen molar-refractivity contribution < 1.29 is 18.0 Å². The van der Waals surface area contributed by atoms with Crippen molar-refractivity contribution in [3.05, 3.63) is 75.7 Å². The first-order valence-corrected chi connectivity index (χ1v) is 10.7. The number of hydrogen-bond acceptors (Lipinski definition) is 3. The summed E-state index contributed by atoms with van der Waals surface area (Å²) in [6, 6.07) is 7.48. The summed E-state index contributed by atoms with van der Waals surface area (Å²) >= 11 is 0. The number of halogens is 3. The van der Waals surface area contributed by atoms with E-state index in [1.165, 1.54) is 11.1 Å². The van der Waals surface area contributed by atoms with E-state index < -0.39 is 29.4 Å². The predicted octanol–water partition coefficient (Wildman–Crippen LogP) is 3.61. The number of benzene rings is 2. The molecule has 0 saturated carbocycles. The molecule has 5 rings (SSSR count). The second kappa shape index (κ2) is 8.09. The Bertz CT molecular complexity index is 1180. The van der Waals surface area contributed by atoms with Gasteiger partial charge in [0.2, 0.25) is 5.91 Å². The van der Waals surface area contributed by atoms with Gasteiger partial charge in [-0.15, -0.1) is 0 Å². The Hall–Kier alpha value is -3.13. The highest BCUT2D eigenvalue weighted by Crippen LogP contribution is 2.34. The Balaban J connectivity index is 1.36. The lowest BCUT2D eigenvalue weighted by atomic mass is 9.96. The van der Waals surface area contributed by atoms with Gasteiger partial charge in [-0.25, -0.2) is 13.2 Å². The zero-order chi connectivity index (χ0) is 22.4. The number of nitrogens with zero attached hydrogens (tertiary/aromatic N) is 3. The van der Waals surface area contributed by atoms with Crippen LogP contribution >= 0.6 is 0 Å². The van der Waals surface area contributed by atoms with Crippen molar-refractivity contribution >= 4 is 5.91 Å². The van der Waals surface area contributed by atoms with Gasteiger partial charge in [-0.3, -0.25) is 14.8 Å². The van der Waals surface area contributed by atoms with Gasteiger partial charge in [0.25, 0.3) is 0 Å². The lowest BCUT2D eigenvalue weighted by molar-refractivity contribution is -0.130. The molecule has 0 aliphatic carbocycles. The molecule has 3 heterocycles. The minimum Gasteiger partial charge on any atom is -0.342 e. The number of carbonyl (C=O) groups is 1. The average molecular weight is 440 g/mol. The summed E-state index contributed by atoms with van der Waals surface area (Å²) in [6.45, 7) is 2.63. The highest BCUT2D eigenvalue weighted by molar-refractivity contribution is 5.79. The van der Waals surface area contributed by atoms with Crippen LogP contribution in [-0.4, -0.2) is 46.0 Å². The van der Waals surface area contributed by atoms with Crippen LogP contribution in [0.15, 0.2) is 30.3 Å². The number of amides is 1. The molecule has 2 aliphatic heterocycles. The summed E-state index contributed by atoms with van der Waals surface area (Å²) in [5.41, 5.74) is 6.28. The number of aromatic nitrogens is 2. The number of fused-ring (bicyclic) bond motifs is 2. The Kier molecular flexibility index (Phi) is 5.25. The fourth-order valence-corrected chi connectivity index (χ4v) is 4.77. The van der Waals surface area contributed by atoms with Gasteiger partial charge in [-0.05, 0) is 24.6 Å². The summed E-state index contributed by atoms with van der Waals surface area (Å²) in [6.07, 6.45) is 0.744. The third-order valence-electron chi connectivity index (χ3n) is 6.40. The van der Waals surface area contributed by atoms with E-state index in [9.17, 15) is 18.0 Å². The normalized spacial score (nSPS) is 16.1. The smallest absolute Gasteiger partial charge is 0.227 e. The van der Waals surface area contributed by atoms with Gasteiger partial charge in [0, 0.05) is 67.1 Å². The summed E-state index contributed by atoms with van der Waals surface area (Å²) in [5.74, 6) is -3.45. The minimum absolute atomic E-state index is 0.378. The molecule has 0 spiro atoms. The molecular weight excluding hydrogens is 417 g/mol. The van der Waals surface area contributed by atoms with Crippen molar-refractivity contribution in [2.75, 3.05) is 20.1 Å². The van der Waals surface area contributed by atoms with Crippen molar-refractivity contribution in [1.29, 1.82) is 0 Å². The van der Waals surface area contributed by atoms with Gasteiger partial charge in [0.05, 0.1) is 12.1 Å². The third-order valence-corrected chi connectivity index (χ3v) is 6.40. The Morgan fingerprint density at radius 1 is 1.06 bits per heavy atom. The van der Waals surface area contributed by atoms with Gasteiger partial charge >= 0.3 is 0 Å². The molecule has 166 valence electrons. The molecule has 3 aromatic rings. The average Bonchev–Trinajstić information content (AvgIpc) is 3.26. The molecule has 0 fully saturated rings. The first-order valence-electron chi connectivity index (χ1n) is 10.7. The SMILES string of the molecule is CN1Cc2cccc(-c3n[nH]c4c3CCN(C(=O)Cc3c(F)cc(F)cc3F)CC4)c2C1. The second-order valence-electron chi connectivity index (χ2n) is 8.55. The maximum atomic E-state index is 14.0. The third kappa shape index (κ3) is 3.68. The maximum absolute atomic E-state index is 14.0. The van der Waals surface area contributed by atoms with Gasteiger partial charge < -0.3 is 4.90 Å². The molecule has 2 aliphatic rings. The number of H-pyrrole nitrogens is 1. The lowest BCUT2D eigenvalue weighted by Crippen LogP contribution is -2.35. The van der Waals surface area contributed by atoms with Crippen molar-refractivity contribution in [3.63, 3.8) is 0 Å². The van der Waals surface area contributed by atoms with Crippen LogP contribution in [0.1, 0.15) is 27.9 Å². The van der Waals surface area contributed by atoms with Crippen molar-refractivity contribution in [2.24, 2.45) is 0 Å². The van der Waals surface area contributed by atoms with Gasteiger partial charge in [-0.1, -0.05) is 18.2 Å². The molecular formula is C24H23F3N4O. The molecule has 5 nitrogen and oxygen atoms in total. The summed E-state index contributed by atoms with van der Waals surface area (Å²) in [4.78, 5) is 16.7. The Labute approximate surface area is 183 Å². The fraction of sp³-hybridized carbons (Fsp3) is 0.333. The van der Waals surface area contributed by atoms with E-state index in [-0.39, 0.29) is 5.91 Å². The number of aromatic amines is 1. The van der Waals surface area contributed by atoms with E-state index >= 15 is 0 Å². The van der Waals surface area contributed by atoms with Crippen LogP contribution in [0.3, 0.4) is 0 Å². The predicted molar refractivity (Wildman–Crippen MR) is 113 cm³/mol. The second-order valence-corrected chi connectivity index (χ2v) is 8.55. The molecule has 0 atom stereocenters. The molecule has 0 bridgehead atoms. The van der Waals surface area contributed by atoms with Gasteiger partial charge in [0.1, 0.15) is 17.5 Å². The molecule has 2 aromatic carbocycles. The van der Waals surface area contributed by atoms with E-state index in [0.717, 1.165) is 35.6 Å². The zero-order valence-corrected chi connectivity index (χ0v) is 17.7. The number of rotatable bonds is 3. The van der Waals surface area contributed by atoms with Crippen LogP contribution in [0.4, 0.5) is 13.2 Å². The van der Waals surface area contributed by atoms with E-state index in [2.05, 4.69) is 34.3 Å². The van der Waals surface area contributed by atoms with Crippen LogP contribution in [0.25, 0.3) is 11.3 Å². The quantitative estimate of drug-likeness (QED) is 0.677. The Morgan fingerprint density at radius 3 is 2.59 bits per heavy atom. The van der Waals surface area contributed by atoms with Crippen LogP contribution < -0.4 is 0 Å². The summed E-state index contributed by atoms with van der Waals surface area (Å²) < 4.78 is 41.2. The molecule has 32 heavy (non-hydrogen) atoms. The molecule has 8 heteroatoms. The number of carbonyl (C=O) groups excluding carboxylic acids is 1. The van der Waals surface area contributed by atoms with Crippen molar-refractivity contribution in [2.45, 2.75) is 32.4 Å². The van der Waals surface area contributed by atoms with Gasteiger partial charge in [0.15, 0.2) is 0 Å². The molecule has 0 radical (unpaired) electrons. The van der Waals surface area contributed by atoms with Crippen LogP contribution in [0.2, 0.25) is 0 Å². The Morgan fingerprint density at radius 2 is 1.81 bits per heavy atom. The first kappa shape index (κ1) is 20.8. The number of hydrogen-bond donors (Lipinski definition) is 1. The highest BCUT2D eigenvalue weighted by atomic mass is 19.1.